The maximum Gasteiger partial charge on any atom is 0.0673 e. The summed E-state index contributed by atoms with van der Waals surface area (Å²) in [6, 6.07) is 0.695. The summed E-state index contributed by atoms with van der Waals surface area (Å²) in [5.74, 6) is 0. The Kier molecular flexibility index (Phi) is 7.01. The lowest BCUT2D eigenvalue weighted by atomic mass is 10.2. The Morgan fingerprint density at radius 3 is 2.81 bits per heavy atom. The molecular formula is C13H28N2O. The molecule has 0 bridgehead atoms. The molecule has 3 heteroatoms. The van der Waals surface area contributed by atoms with Crippen molar-refractivity contribution in [3.8, 4) is 0 Å². The van der Waals surface area contributed by atoms with Crippen molar-refractivity contribution in [2.24, 2.45) is 0 Å². The van der Waals surface area contributed by atoms with Crippen LogP contribution >= 0.6 is 0 Å². The van der Waals surface area contributed by atoms with Gasteiger partial charge in [-0.05, 0) is 26.2 Å². The highest BCUT2D eigenvalue weighted by molar-refractivity contribution is 4.69. The fraction of sp³-hybridized carbons (Fsp3) is 1.00. The minimum Gasteiger partial charge on any atom is -0.377 e. The Hall–Kier alpha value is -0.120. The van der Waals surface area contributed by atoms with Gasteiger partial charge in [0.05, 0.1) is 6.10 Å². The second kappa shape index (κ2) is 8.04. The van der Waals surface area contributed by atoms with E-state index in [-0.39, 0.29) is 0 Å². The van der Waals surface area contributed by atoms with Crippen molar-refractivity contribution in [3.63, 3.8) is 0 Å². The van der Waals surface area contributed by atoms with E-state index in [1.807, 2.05) is 0 Å². The van der Waals surface area contributed by atoms with Crippen LogP contribution in [0, 0.1) is 0 Å². The van der Waals surface area contributed by atoms with Crippen LogP contribution in [0.25, 0.3) is 0 Å². The first kappa shape index (κ1) is 13.9. The van der Waals surface area contributed by atoms with E-state index in [1.54, 1.807) is 0 Å². The van der Waals surface area contributed by atoms with Gasteiger partial charge in [0, 0.05) is 38.8 Å². The van der Waals surface area contributed by atoms with Crippen LogP contribution in [0.2, 0.25) is 0 Å². The van der Waals surface area contributed by atoms with Gasteiger partial charge in [0.15, 0.2) is 0 Å². The molecule has 1 fully saturated rings. The van der Waals surface area contributed by atoms with Crippen molar-refractivity contribution in [3.05, 3.63) is 0 Å². The lowest BCUT2D eigenvalue weighted by molar-refractivity contribution is 0.0678. The van der Waals surface area contributed by atoms with Crippen LogP contribution in [-0.4, -0.2) is 49.8 Å². The second-order valence-corrected chi connectivity index (χ2v) is 4.80. The lowest BCUT2D eigenvalue weighted by Crippen LogP contribution is -2.39. The molecule has 0 aliphatic carbocycles. The van der Waals surface area contributed by atoms with Crippen LogP contribution in [0.4, 0.5) is 0 Å². The van der Waals surface area contributed by atoms with E-state index in [1.165, 1.54) is 25.8 Å². The van der Waals surface area contributed by atoms with Crippen LogP contribution < -0.4 is 5.32 Å². The van der Waals surface area contributed by atoms with Gasteiger partial charge in [0.1, 0.15) is 0 Å². The molecule has 1 saturated heterocycles. The number of nitrogens with zero attached hydrogens (tertiary/aromatic N) is 1. The average Bonchev–Trinajstić information content (AvgIpc) is 2.49. The predicted octanol–water partition coefficient (Wildman–Crippen LogP) is 1.88. The predicted molar refractivity (Wildman–Crippen MR) is 68.8 cm³/mol. The summed E-state index contributed by atoms with van der Waals surface area (Å²) in [6.45, 7) is 12.2. The SMILES string of the molecule is CCC(CC)NCCN1CCCOC(C)C1. The highest BCUT2D eigenvalue weighted by Gasteiger charge is 2.14. The summed E-state index contributed by atoms with van der Waals surface area (Å²) in [7, 11) is 0. The van der Waals surface area contributed by atoms with Gasteiger partial charge in [-0.25, -0.2) is 0 Å². The number of hydrogen-bond acceptors (Lipinski definition) is 3. The van der Waals surface area contributed by atoms with E-state index in [4.69, 9.17) is 4.74 Å². The first-order valence-electron chi connectivity index (χ1n) is 6.83. The third kappa shape index (κ3) is 5.28. The van der Waals surface area contributed by atoms with Crippen LogP contribution in [0.1, 0.15) is 40.0 Å². The molecule has 1 atom stereocenters. The fourth-order valence-electron chi connectivity index (χ4n) is 2.29. The number of rotatable bonds is 6. The molecule has 1 N–H and O–H groups in total. The van der Waals surface area contributed by atoms with E-state index < -0.39 is 0 Å². The monoisotopic (exact) mass is 228 g/mol. The normalized spacial score (nSPS) is 23.6. The number of nitrogens with one attached hydrogen (secondary N) is 1. The third-order valence-electron chi connectivity index (χ3n) is 3.38. The van der Waals surface area contributed by atoms with Gasteiger partial charge < -0.3 is 10.1 Å². The Labute approximate surface area is 101 Å². The maximum atomic E-state index is 5.64. The maximum absolute atomic E-state index is 5.64. The van der Waals surface area contributed by atoms with Crippen molar-refractivity contribution in [1.29, 1.82) is 0 Å². The molecule has 1 aliphatic rings. The van der Waals surface area contributed by atoms with Gasteiger partial charge in [0.25, 0.3) is 0 Å². The number of hydrogen-bond donors (Lipinski definition) is 1. The highest BCUT2D eigenvalue weighted by Crippen LogP contribution is 2.04. The zero-order valence-electron chi connectivity index (χ0n) is 11.2. The largest absolute Gasteiger partial charge is 0.377 e. The molecular weight excluding hydrogens is 200 g/mol. The Bertz CT molecular complexity index is 171. The first-order chi connectivity index (χ1) is 7.76. The molecule has 0 radical (unpaired) electrons. The molecule has 0 spiro atoms. The van der Waals surface area contributed by atoms with E-state index in [9.17, 15) is 0 Å². The summed E-state index contributed by atoms with van der Waals surface area (Å²) in [6.07, 6.45) is 4.04. The molecule has 96 valence electrons. The molecule has 0 aromatic rings. The Morgan fingerprint density at radius 2 is 2.12 bits per heavy atom. The number of ether oxygens (including phenoxy) is 1. The molecule has 1 rings (SSSR count). The molecule has 16 heavy (non-hydrogen) atoms. The van der Waals surface area contributed by atoms with Crippen molar-refractivity contribution < 1.29 is 4.74 Å². The van der Waals surface area contributed by atoms with Crippen LogP contribution in [0.15, 0.2) is 0 Å². The van der Waals surface area contributed by atoms with Gasteiger partial charge in [-0.1, -0.05) is 13.8 Å². The van der Waals surface area contributed by atoms with Crippen molar-refractivity contribution in [1.82, 2.24) is 10.2 Å². The van der Waals surface area contributed by atoms with Gasteiger partial charge in [-0.15, -0.1) is 0 Å². The smallest absolute Gasteiger partial charge is 0.0673 e. The molecule has 0 amide bonds. The Morgan fingerprint density at radius 1 is 1.38 bits per heavy atom. The molecule has 0 aromatic carbocycles. The third-order valence-corrected chi connectivity index (χ3v) is 3.38. The van der Waals surface area contributed by atoms with E-state index >= 15 is 0 Å². The van der Waals surface area contributed by atoms with E-state index in [0.29, 0.717) is 12.1 Å². The quantitative estimate of drug-likeness (QED) is 0.751. The topological polar surface area (TPSA) is 24.5 Å². The van der Waals surface area contributed by atoms with Crippen LogP contribution in [0.3, 0.4) is 0 Å². The van der Waals surface area contributed by atoms with E-state index in [2.05, 4.69) is 31.0 Å². The minimum absolute atomic E-state index is 0.399. The highest BCUT2D eigenvalue weighted by atomic mass is 16.5. The zero-order chi connectivity index (χ0) is 11.8. The molecule has 1 unspecified atom stereocenters. The first-order valence-corrected chi connectivity index (χ1v) is 6.83. The second-order valence-electron chi connectivity index (χ2n) is 4.80. The molecule has 1 heterocycles. The summed E-state index contributed by atoms with van der Waals surface area (Å²) in [5, 5.41) is 3.62. The molecule has 0 aromatic heterocycles. The average molecular weight is 228 g/mol. The van der Waals surface area contributed by atoms with Gasteiger partial charge in [0.2, 0.25) is 0 Å². The van der Waals surface area contributed by atoms with Crippen LogP contribution in [-0.2, 0) is 4.74 Å². The standard InChI is InChI=1S/C13H28N2O/c1-4-13(5-2)14-7-9-15-8-6-10-16-12(3)11-15/h12-14H,4-11H2,1-3H3. The van der Waals surface area contributed by atoms with Crippen LogP contribution in [0.5, 0.6) is 0 Å². The summed E-state index contributed by atoms with van der Waals surface area (Å²) in [5.41, 5.74) is 0. The lowest BCUT2D eigenvalue weighted by Gasteiger charge is -2.23. The summed E-state index contributed by atoms with van der Waals surface area (Å²) >= 11 is 0. The summed E-state index contributed by atoms with van der Waals surface area (Å²) < 4.78 is 5.64. The van der Waals surface area contributed by atoms with Crippen molar-refractivity contribution in [2.45, 2.75) is 52.2 Å². The van der Waals surface area contributed by atoms with Gasteiger partial charge in [-0.2, -0.15) is 0 Å². The molecule has 1 aliphatic heterocycles. The van der Waals surface area contributed by atoms with Gasteiger partial charge in [-0.3, -0.25) is 4.90 Å². The van der Waals surface area contributed by atoms with Crippen molar-refractivity contribution >= 4 is 0 Å². The summed E-state index contributed by atoms with van der Waals surface area (Å²) in [4.78, 5) is 2.52. The molecule has 3 nitrogen and oxygen atoms in total. The van der Waals surface area contributed by atoms with Crippen molar-refractivity contribution in [2.75, 3.05) is 32.8 Å². The Balaban J connectivity index is 2.15. The van der Waals surface area contributed by atoms with E-state index in [0.717, 1.165) is 26.2 Å². The fourth-order valence-corrected chi connectivity index (χ4v) is 2.29. The van der Waals surface area contributed by atoms with Gasteiger partial charge >= 0.3 is 0 Å². The zero-order valence-corrected chi connectivity index (χ0v) is 11.2. The minimum atomic E-state index is 0.399. The molecule has 0 saturated carbocycles.